The van der Waals surface area contributed by atoms with E-state index in [2.05, 4.69) is 0 Å². The van der Waals surface area contributed by atoms with Gasteiger partial charge in [0.05, 0.1) is 24.6 Å². The first-order valence-corrected chi connectivity index (χ1v) is 7.14. The molecule has 106 valence electrons. The monoisotopic (exact) mass is 289 g/mol. The summed E-state index contributed by atoms with van der Waals surface area (Å²) in [5.41, 5.74) is 0. The van der Waals surface area contributed by atoms with Crippen LogP contribution in [0.3, 0.4) is 0 Å². The lowest BCUT2D eigenvalue weighted by molar-refractivity contribution is -0.158. The number of halogens is 3. The van der Waals surface area contributed by atoms with Crippen LogP contribution in [0.2, 0.25) is 0 Å². The molecule has 1 heterocycles. The molecule has 1 aliphatic heterocycles. The number of alkyl halides is 3. The Bertz CT molecular complexity index is 393. The zero-order valence-corrected chi connectivity index (χ0v) is 10.3. The summed E-state index contributed by atoms with van der Waals surface area (Å²) in [6, 6.07) is -0.647. The van der Waals surface area contributed by atoms with Crippen LogP contribution < -0.4 is 0 Å². The van der Waals surface area contributed by atoms with Gasteiger partial charge in [-0.25, -0.2) is 8.42 Å². The average Bonchev–Trinajstić information content (AvgIpc) is 2.13. The molecule has 1 aliphatic rings. The van der Waals surface area contributed by atoms with Crippen LogP contribution in [0, 0.1) is 0 Å². The van der Waals surface area contributed by atoms with E-state index in [4.69, 9.17) is 5.11 Å². The number of carboxylic acid groups (broad SMARTS) is 1. The first-order valence-electron chi connectivity index (χ1n) is 5.32. The molecule has 1 fully saturated rings. The van der Waals surface area contributed by atoms with E-state index in [0.29, 0.717) is 0 Å². The van der Waals surface area contributed by atoms with Crippen LogP contribution in [0.4, 0.5) is 13.2 Å². The quantitative estimate of drug-likeness (QED) is 0.816. The highest BCUT2D eigenvalue weighted by atomic mass is 32.2. The molecule has 5 nitrogen and oxygen atoms in total. The van der Waals surface area contributed by atoms with E-state index in [1.54, 1.807) is 0 Å². The van der Waals surface area contributed by atoms with Crippen LogP contribution in [0.1, 0.15) is 12.8 Å². The van der Waals surface area contributed by atoms with Crippen LogP contribution in [0.5, 0.6) is 0 Å². The van der Waals surface area contributed by atoms with Gasteiger partial charge in [-0.1, -0.05) is 0 Å². The molecule has 0 radical (unpaired) electrons. The van der Waals surface area contributed by atoms with Crippen LogP contribution in [-0.2, 0) is 14.6 Å². The fraction of sp³-hybridized carbons (Fsp3) is 0.889. The lowest BCUT2D eigenvalue weighted by atomic mass is 10.1. The second-order valence-corrected chi connectivity index (χ2v) is 6.60. The number of rotatable bonds is 4. The standard InChI is InChI=1S/C9H14F3NO4S/c10-9(11,12)6-13(5-8(14)15)7-1-3-18(16,17)4-2-7/h7H,1-6H2,(H,14,15). The van der Waals surface area contributed by atoms with Gasteiger partial charge in [0.2, 0.25) is 0 Å². The molecule has 1 N–H and O–H groups in total. The minimum Gasteiger partial charge on any atom is -0.480 e. The van der Waals surface area contributed by atoms with Crippen molar-refractivity contribution in [1.82, 2.24) is 4.90 Å². The Morgan fingerprint density at radius 3 is 2.17 bits per heavy atom. The fourth-order valence-electron chi connectivity index (χ4n) is 1.96. The first kappa shape index (κ1) is 15.2. The molecule has 0 aromatic carbocycles. The molecule has 0 aromatic rings. The van der Waals surface area contributed by atoms with E-state index in [0.717, 1.165) is 4.90 Å². The average molecular weight is 289 g/mol. The minimum atomic E-state index is -4.49. The second-order valence-electron chi connectivity index (χ2n) is 4.30. The highest BCUT2D eigenvalue weighted by molar-refractivity contribution is 7.91. The molecule has 0 saturated carbocycles. The molecule has 0 aliphatic carbocycles. The van der Waals surface area contributed by atoms with Gasteiger partial charge in [0.1, 0.15) is 9.84 Å². The highest BCUT2D eigenvalue weighted by Crippen LogP contribution is 2.23. The molecule has 0 aromatic heterocycles. The number of carbonyl (C=O) groups is 1. The van der Waals surface area contributed by atoms with Crippen LogP contribution in [-0.4, -0.2) is 61.2 Å². The van der Waals surface area contributed by atoms with E-state index >= 15 is 0 Å². The van der Waals surface area contributed by atoms with Crippen molar-refractivity contribution in [2.24, 2.45) is 0 Å². The number of carboxylic acids is 1. The largest absolute Gasteiger partial charge is 0.480 e. The van der Waals surface area contributed by atoms with Crippen LogP contribution in [0.15, 0.2) is 0 Å². The predicted octanol–water partition coefficient (Wildman–Crippen LogP) is 0.512. The van der Waals surface area contributed by atoms with Gasteiger partial charge in [-0.3, -0.25) is 9.69 Å². The zero-order valence-electron chi connectivity index (χ0n) is 9.48. The van der Waals surface area contributed by atoms with Crippen molar-refractivity contribution in [3.8, 4) is 0 Å². The summed E-state index contributed by atoms with van der Waals surface area (Å²) in [7, 11) is -3.18. The summed E-state index contributed by atoms with van der Waals surface area (Å²) >= 11 is 0. The summed E-state index contributed by atoms with van der Waals surface area (Å²) in [5, 5.41) is 8.59. The number of hydrogen-bond acceptors (Lipinski definition) is 4. The van der Waals surface area contributed by atoms with Gasteiger partial charge in [-0.15, -0.1) is 0 Å². The third-order valence-corrected chi connectivity index (χ3v) is 4.48. The molecule has 9 heteroatoms. The number of hydrogen-bond donors (Lipinski definition) is 1. The predicted molar refractivity (Wildman–Crippen MR) is 56.9 cm³/mol. The van der Waals surface area contributed by atoms with Gasteiger partial charge in [0, 0.05) is 6.04 Å². The maximum atomic E-state index is 12.3. The van der Waals surface area contributed by atoms with Crippen molar-refractivity contribution in [2.45, 2.75) is 25.1 Å². The Labute approximate surface area is 102 Å². The van der Waals surface area contributed by atoms with Gasteiger partial charge >= 0.3 is 12.1 Å². The van der Waals surface area contributed by atoms with E-state index in [9.17, 15) is 26.4 Å². The summed E-state index contributed by atoms with van der Waals surface area (Å²) in [6.07, 6.45) is -4.40. The summed E-state index contributed by atoms with van der Waals surface area (Å²) in [4.78, 5) is 11.3. The summed E-state index contributed by atoms with van der Waals surface area (Å²) in [5.74, 6) is -1.73. The van der Waals surface area contributed by atoms with Crippen molar-refractivity contribution in [1.29, 1.82) is 0 Å². The highest BCUT2D eigenvalue weighted by Gasteiger charge is 2.36. The third-order valence-electron chi connectivity index (χ3n) is 2.76. The van der Waals surface area contributed by atoms with Crippen molar-refractivity contribution >= 4 is 15.8 Å². The smallest absolute Gasteiger partial charge is 0.401 e. The molecule has 0 spiro atoms. The molecule has 1 rings (SSSR count). The van der Waals surface area contributed by atoms with Gasteiger partial charge < -0.3 is 5.11 Å². The maximum Gasteiger partial charge on any atom is 0.401 e. The number of nitrogens with zero attached hydrogens (tertiary/aromatic N) is 1. The Morgan fingerprint density at radius 2 is 1.78 bits per heavy atom. The zero-order chi connectivity index (χ0) is 14.0. The molecular formula is C9H14F3NO4S. The topological polar surface area (TPSA) is 74.7 Å². The normalized spacial score (nSPS) is 21.1. The SMILES string of the molecule is O=C(O)CN(CC(F)(F)F)C1CCS(=O)(=O)CC1. The fourth-order valence-corrected chi connectivity index (χ4v) is 3.43. The molecule has 0 atom stereocenters. The summed E-state index contributed by atoms with van der Waals surface area (Å²) in [6.45, 7) is -2.06. The Balaban J connectivity index is 2.69. The van der Waals surface area contributed by atoms with E-state index < -0.39 is 41.1 Å². The van der Waals surface area contributed by atoms with Gasteiger partial charge in [0.25, 0.3) is 0 Å². The van der Waals surface area contributed by atoms with Crippen molar-refractivity contribution in [3.63, 3.8) is 0 Å². The van der Waals surface area contributed by atoms with E-state index in [1.807, 2.05) is 0 Å². The number of sulfone groups is 1. The minimum absolute atomic E-state index is 0.0473. The number of aliphatic carboxylic acids is 1. The van der Waals surface area contributed by atoms with Crippen LogP contribution >= 0.6 is 0 Å². The van der Waals surface area contributed by atoms with Crippen molar-refractivity contribution in [3.05, 3.63) is 0 Å². The lowest BCUT2D eigenvalue weighted by Gasteiger charge is -2.33. The van der Waals surface area contributed by atoms with Crippen LogP contribution in [0.25, 0.3) is 0 Å². The molecule has 0 amide bonds. The summed E-state index contributed by atoms with van der Waals surface area (Å²) < 4.78 is 59.3. The lowest BCUT2D eigenvalue weighted by Crippen LogP contribution is -2.47. The third kappa shape index (κ3) is 5.21. The molecule has 0 unspecified atom stereocenters. The molecule has 0 bridgehead atoms. The Hall–Kier alpha value is -0.830. The van der Waals surface area contributed by atoms with E-state index in [-0.39, 0.29) is 24.3 Å². The maximum absolute atomic E-state index is 12.3. The molecular weight excluding hydrogens is 275 g/mol. The van der Waals surface area contributed by atoms with Crippen molar-refractivity contribution in [2.75, 3.05) is 24.6 Å². The van der Waals surface area contributed by atoms with Gasteiger partial charge in [-0.2, -0.15) is 13.2 Å². The van der Waals surface area contributed by atoms with E-state index in [1.165, 1.54) is 0 Å². The molecule has 18 heavy (non-hydrogen) atoms. The first-order chi connectivity index (χ1) is 8.09. The van der Waals surface area contributed by atoms with Crippen molar-refractivity contribution < 1.29 is 31.5 Å². The Kier molecular flexibility index (Phi) is 4.60. The molecule has 1 saturated heterocycles. The second kappa shape index (κ2) is 5.43. The van der Waals surface area contributed by atoms with Gasteiger partial charge in [-0.05, 0) is 12.8 Å². The Morgan fingerprint density at radius 1 is 1.28 bits per heavy atom. The van der Waals surface area contributed by atoms with Gasteiger partial charge in [0.15, 0.2) is 0 Å².